The van der Waals surface area contributed by atoms with E-state index in [1.807, 2.05) is 39.0 Å². The minimum atomic E-state index is -0.925. The van der Waals surface area contributed by atoms with E-state index in [0.717, 1.165) is 11.1 Å². The Morgan fingerprint density at radius 3 is 2.58 bits per heavy atom. The summed E-state index contributed by atoms with van der Waals surface area (Å²) in [5, 5.41) is 10.6. The van der Waals surface area contributed by atoms with Gasteiger partial charge >= 0.3 is 5.97 Å². The Labute approximate surface area is 120 Å². The summed E-state index contributed by atoms with van der Waals surface area (Å²) in [4.78, 5) is 16.0. The van der Waals surface area contributed by atoms with Crippen molar-refractivity contribution in [1.29, 1.82) is 0 Å². The minimum absolute atomic E-state index is 0.0806. The van der Waals surface area contributed by atoms with Gasteiger partial charge in [-0.25, -0.2) is 9.78 Å². The molecule has 1 aromatic carbocycles. The lowest BCUT2D eigenvalue weighted by Gasteiger charge is -2.01. The highest BCUT2D eigenvalue weighted by molar-refractivity contribution is 7.17. The van der Waals surface area contributed by atoms with Crippen LogP contribution in [0.2, 0.25) is 5.02 Å². The molecule has 5 heteroatoms. The van der Waals surface area contributed by atoms with E-state index in [1.165, 1.54) is 11.3 Å². The van der Waals surface area contributed by atoms with Gasteiger partial charge in [0.25, 0.3) is 0 Å². The average molecular weight is 296 g/mol. The average Bonchev–Trinajstić information content (AvgIpc) is 2.78. The number of halogens is 1. The standard InChI is InChI=1S/C14H14ClNO2S/c1-7(2)11-12(14(17)18)19-13(16-11)9-5-4-8(3)10(15)6-9/h4-7H,1-3H3,(H,17,18). The predicted molar refractivity (Wildman–Crippen MR) is 78.3 cm³/mol. The molecule has 0 radical (unpaired) electrons. The number of aromatic nitrogens is 1. The first kappa shape index (κ1) is 14.0. The van der Waals surface area contributed by atoms with E-state index < -0.39 is 5.97 Å². The fraction of sp³-hybridized carbons (Fsp3) is 0.286. The Morgan fingerprint density at radius 2 is 2.11 bits per heavy atom. The van der Waals surface area contributed by atoms with Gasteiger partial charge in [-0.05, 0) is 24.5 Å². The number of carboxylic acids is 1. The topological polar surface area (TPSA) is 50.2 Å². The summed E-state index contributed by atoms with van der Waals surface area (Å²) < 4.78 is 0. The van der Waals surface area contributed by atoms with Gasteiger partial charge in [0.1, 0.15) is 9.88 Å². The van der Waals surface area contributed by atoms with Crippen molar-refractivity contribution in [3.63, 3.8) is 0 Å². The highest BCUT2D eigenvalue weighted by Gasteiger charge is 2.20. The SMILES string of the molecule is Cc1ccc(-c2nc(C(C)C)c(C(=O)O)s2)cc1Cl. The first-order chi connectivity index (χ1) is 8.90. The quantitative estimate of drug-likeness (QED) is 0.900. The number of thiazole rings is 1. The molecule has 0 spiro atoms. The molecule has 0 saturated heterocycles. The third-order valence-electron chi connectivity index (χ3n) is 2.81. The van der Waals surface area contributed by atoms with Crippen LogP contribution in [0, 0.1) is 6.92 Å². The minimum Gasteiger partial charge on any atom is -0.477 e. The zero-order valence-electron chi connectivity index (χ0n) is 10.9. The molecule has 0 aliphatic carbocycles. The van der Waals surface area contributed by atoms with Crippen molar-refractivity contribution in [2.24, 2.45) is 0 Å². The molecule has 3 nitrogen and oxygen atoms in total. The van der Waals surface area contributed by atoms with Crippen molar-refractivity contribution in [1.82, 2.24) is 4.98 Å². The second kappa shape index (κ2) is 5.31. The monoisotopic (exact) mass is 295 g/mol. The Hall–Kier alpha value is -1.39. The van der Waals surface area contributed by atoms with Gasteiger partial charge in [-0.3, -0.25) is 0 Å². The van der Waals surface area contributed by atoms with Gasteiger partial charge in [0.15, 0.2) is 0 Å². The molecule has 2 rings (SSSR count). The summed E-state index contributed by atoms with van der Waals surface area (Å²) in [7, 11) is 0. The van der Waals surface area contributed by atoms with Crippen molar-refractivity contribution in [2.75, 3.05) is 0 Å². The Morgan fingerprint density at radius 1 is 1.42 bits per heavy atom. The number of carboxylic acid groups (broad SMARTS) is 1. The van der Waals surface area contributed by atoms with Crippen molar-refractivity contribution in [3.05, 3.63) is 39.4 Å². The lowest BCUT2D eigenvalue weighted by atomic mass is 10.1. The van der Waals surface area contributed by atoms with E-state index in [-0.39, 0.29) is 5.92 Å². The number of nitrogens with zero attached hydrogens (tertiary/aromatic N) is 1. The maximum Gasteiger partial charge on any atom is 0.347 e. The van der Waals surface area contributed by atoms with Crippen LogP contribution in [0.15, 0.2) is 18.2 Å². The molecular formula is C14H14ClNO2S. The second-order valence-corrected chi connectivity index (χ2v) is 6.06. The molecule has 1 heterocycles. The molecule has 100 valence electrons. The van der Waals surface area contributed by atoms with Gasteiger partial charge in [0.2, 0.25) is 0 Å². The van der Waals surface area contributed by atoms with Gasteiger partial charge in [0.05, 0.1) is 5.69 Å². The fourth-order valence-corrected chi connectivity index (χ4v) is 2.96. The number of rotatable bonds is 3. The lowest BCUT2D eigenvalue weighted by molar-refractivity contribution is 0.0700. The van der Waals surface area contributed by atoms with Crippen LogP contribution in [0.25, 0.3) is 10.6 Å². The van der Waals surface area contributed by atoms with Gasteiger partial charge in [0, 0.05) is 10.6 Å². The third kappa shape index (κ3) is 2.80. The molecule has 0 fully saturated rings. The molecule has 1 aromatic heterocycles. The molecule has 2 aromatic rings. The van der Waals surface area contributed by atoms with E-state index in [1.54, 1.807) is 0 Å². The van der Waals surface area contributed by atoms with Crippen molar-refractivity contribution in [3.8, 4) is 10.6 Å². The van der Waals surface area contributed by atoms with Crippen LogP contribution in [0.1, 0.15) is 40.7 Å². The summed E-state index contributed by atoms with van der Waals surface area (Å²) in [6.07, 6.45) is 0. The van der Waals surface area contributed by atoms with Crippen molar-refractivity contribution < 1.29 is 9.90 Å². The van der Waals surface area contributed by atoms with E-state index in [0.29, 0.717) is 20.6 Å². The van der Waals surface area contributed by atoms with Crippen LogP contribution < -0.4 is 0 Å². The number of hydrogen-bond donors (Lipinski definition) is 1. The van der Waals surface area contributed by atoms with E-state index in [2.05, 4.69) is 4.98 Å². The number of carbonyl (C=O) groups is 1. The number of aryl methyl sites for hydroxylation is 1. The van der Waals surface area contributed by atoms with Gasteiger partial charge < -0.3 is 5.11 Å². The van der Waals surface area contributed by atoms with Crippen LogP contribution >= 0.6 is 22.9 Å². The highest BCUT2D eigenvalue weighted by atomic mass is 35.5. The lowest BCUT2D eigenvalue weighted by Crippen LogP contribution is -2.00. The van der Waals surface area contributed by atoms with Crippen molar-refractivity contribution in [2.45, 2.75) is 26.7 Å². The van der Waals surface area contributed by atoms with Crippen LogP contribution in [-0.2, 0) is 0 Å². The molecule has 0 bridgehead atoms. The predicted octanol–water partition coefficient (Wildman–Crippen LogP) is 4.59. The van der Waals surface area contributed by atoms with E-state index >= 15 is 0 Å². The van der Waals surface area contributed by atoms with Gasteiger partial charge in [-0.1, -0.05) is 37.6 Å². The maximum atomic E-state index is 11.2. The van der Waals surface area contributed by atoms with Crippen molar-refractivity contribution >= 4 is 28.9 Å². The third-order valence-corrected chi connectivity index (χ3v) is 4.33. The molecule has 0 unspecified atom stereocenters. The molecule has 0 atom stereocenters. The van der Waals surface area contributed by atoms with Crippen LogP contribution in [0.3, 0.4) is 0 Å². The van der Waals surface area contributed by atoms with Crippen LogP contribution in [0.5, 0.6) is 0 Å². The Bertz CT molecular complexity index is 634. The first-order valence-electron chi connectivity index (χ1n) is 5.90. The van der Waals surface area contributed by atoms with Crippen LogP contribution in [0.4, 0.5) is 0 Å². The van der Waals surface area contributed by atoms with E-state index in [4.69, 9.17) is 11.6 Å². The molecule has 1 N–H and O–H groups in total. The molecule has 19 heavy (non-hydrogen) atoms. The van der Waals surface area contributed by atoms with Crippen LogP contribution in [-0.4, -0.2) is 16.1 Å². The van der Waals surface area contributed by atoms with E-state index in [9.17, 15) is 9.90 Å². The summed E-state index contributed by atoms with van der Waals surface area (Å²) in [5.41, 5.74) is 2.48. The largest absolute Gasteiger partial charge is 0.477 e. The summed E-state index contributed by atoms with van der Waals surface area (Å²) >= 11 is 7.29. The zero-order valence-corrected chi connectivity index (χ0v) is 12.5. The molecular weight excluding hydrogens is 282 g/mol. The Kier molecular flexibility index (Phi) is 3.92. The van der Waals surface area contributed by atoms with Gasteiger partial charge in [-0.2, -0.15) is 0 Å². The summed E-state index contributed by atoms with van der Waals surface area (Å²) in [6.45, 7) is 5.80. The first-order valence-corrected chi connectivity index (χ1v) is 7.10. The normalized spacial score (nSPS) is 11.0. The maximum absolute atomic E-state index is 11.2. The number of hydrogen-bond acceptors (Lipinski definition) is 3. The number of aromatic carboxylic acids is 1. The van der Waals surface area contributed by atoms with Gasteiger partial charge in [-0.15, -0.1) is 11.3 Å². The fourth-order valence-electron chi connectivity index (χ4n) is 1.73. The molecule has 0 amide bonds. The highest BCUT2D eigenvalue weighted by Crippen LogP contribution is 2.33. The molecule has 0 aliphatic heterocycles. The summed E-state index contributed by atoms with van der Waals surface area (Å²) in [6, 6.07) is 5.65. The summed E-state index contributed by atoms with van der Waals surface area (Å²) in [5.74, 6) is -0.845. The number of benzene rings is 1. The zero-order chi connectivity index (χ0) is 14.2. The second-order valence-electron chi connectivity index (χ2n) is 4.66. The Balaban J connectivity index is 2.54. The smallest absolute Gasteiger partial charge is 0.347 e. The molecule has 0 aliphatic rings. The molecule has 0 saturated carbocycles.